The Morgan fingerprint density at radius 1 is 1.30 bits per heavy atom. The predicted octanol–water partition coefficient (Wildman–Crippen LogP) is 2.78. The molecule has 2 heterocycles. The number of aromatic nitrogens is 4. The van der Waals surface area contributed by atoms with Crippen molar-refractivity contribution >= 4 is 22.9 Å². The van der Waals surface area contributed by atoms with E-state index in [1.54, 1.807) is 6.33 Å². The molecular weight excluding hydrogens is 252 g/mol. The fraction of sp³-hybridized carbons (Fsp3) is 0.643. The molecule has 1 fully saturated rings. The molecule has 3 N–H and O–H groups in total. The summed E-state index contributed by atoms with van der Waals surface area (Å²) >= 11 is 0. The molecular formula is C14H22N6. The van der Waals surface area contributed by atoms with Crippen molar-refractivity contribution in [2.24, 2.45) is 5.41 Å². The highest BCUT2D eigenvalue weighted by molar-refractivity contribution is 5.83. The number of nitrogens with one attached hydrogen (secondary N) is 3. The molecule has 6 nitrogen and oxygen atoms in total. The monoisotopic (exact) mass is 274 g/mol. The van der Waals surface area contributed by atoms with E-state index in [0.29, 0.717) is 17.0 Å². The third-order valence-electron chi connectivity index (χ3n) is 4.55. The maximum absolute atomic E-state index is 4.51. The van der Waals surface area contributed by atoms with Gasteiger partial charge in [-0.1, -0.05) is 19.8 Å². The number of fused-ring (bicyclic) bond motifs is 1. The van der Waals surface area contributed by atoms with E-state index in [-0.39, 0.29) is 0 Å². The number of hydrogen-bond acceptors (Lipinski definition) is 5. The van der Waals surface area contributed by atoms with Crippen molar-refractivity contribution in [1.29, 1.82) is 0 Å². The van der Waals surface area contributed by atoms with E-state index in [4.69, 9.17) is 0 Å². The Morgan fingerprint density at radius 2 is 2.10 bits per heavy atom. The van der Waals surface area contributed by atoms with Crippen LogP contribution < -0.4 is 10.6 Å². The average Bonchev–Trinajstić information content (AvgIpc) is 3.14. The van der Waals surface area contributed by atoms with Crippen LogP contribution in [0.3, 0.4) is 0 Å². The van der Waals surface area contributed by atoms with Crippen molar-refractivity contribution in [2.45, 2.75) is 39.0 Å². The molecule has 0 bridgehead atoms. The van der Waals surface area contributed by atoms with Gasteiger partial charge in [0.25, 0.3) is 0 Å². The van der Waals surface area contributed by atoms with Crippen LogP contribution in [-0.4, -0.2) is 33.5 Å². The smallest absolute Gasteiger partial charge is 0.226 e. The largest absolute Gasteiger partial charge is 0.368 e. The van der Waals surface area contributed by atoms with Crippen molar-refractivity contribution in [1.82, 2.24) is 19.9 Å². The SMILES string of the molecule is CCC1(CNc2nc(NC)nc3nc[nH]c23)CCCC1. The Balaban J connectivity index is 1.84. The molecule has 2 aromatic heterocycles. The maximum atomic E-state index is 4.51. The molecule has 108 valence electrons. The van der Waals surface area contributed by atoms with Crippen LogP contribution in [0.15, 0.2) is 6.33 Å². The van der Waals surface area contributed by atoms with E-state index in [0.717, 1.165) is 17.9 Å². The molecule has 6 heteroatoms. The Labute approximate surface area is 118 Å². The van der Waals surface area contributed by atoms with Crippen LogP contribution in [-0.2, 0) is 0 Å². The van der Waals surface area contributed by atoms with Crippen molar-refractivity contribution < 1.29 is 0 Å². The van der Waals surface area contributed by atoms with Crippen LogP contribution in [0.2, 0.25) is 0 Å². The van der Waals surface area contributed by atoms with E-state index < -0.39 is 0 Å². The highest BCUT2D eigenvalue weighted by Gasteiger charge is 2.32. The van der Waals surface area contributed by atoms with Crippen LogP contribution in [0, 0.1) is 5.41 Å². The quantitative estimate of drug-likeness (QED) is 0.781. The molecule has 1 saturated carbocycles. The standard InChI is InChI=1S/C14H22N6/c1-3-14(6-4-5-7-14)8-16-11-10-12(18-9-17-10)20-13(15-2)19-11/h9H,3-8H2,1-2H3,(H3,15,16,17,18,19,20). The summed E-state index contributed by atoms with van der Waals surface area (Å²) in [5, 5.41) is 6.50. The molecule has 2 aromatic rings. The summed E-state index contributed by atoms with van der Waals surface area (Å²) in [5.74, 6) is 1.45. The van der Waals surface area contributed by atoms with Crippen LogP contribution in [0.25, 0.3) is 11.2 Å². The van der Waals surface area contributed by atoms with Gasteiger partial charge in [-0.3, -0.25) is 0 Å². The van der Waals surface area contributed by atoms with E-state index in [2.05, 4.69) is 37.5 Å². The van der Waals surface area contributed by atoms with Crippen molar-refractivity contribution in [3.63, 3.8) is 0 Å². The first-order valence-corrected chi connectivity index (χ1v) is 7.39. The van der Waals surface area contributed by atoms with Crippen molar-refractivity contribution in [3.05, 3.63) is 6.33 Å². The van der Waals surface area contributed by atoms with Gasteiger partial charge in [0.1, 0.15) is 5.52 Å². The average molecular weight is 274 g/mol. The van der Waals surface area contributed by atoms with Gasteiger partial charge in [-0.05, 0) is 24.7 Å². The van der Waals surface area contributed by atoms with E-state index >= 15 is 0 Å². The van der Waals surface area contributed by atoms with Gasteiger partial charge in [-0.25, -0.2) is 4.98 Å². The molecule has 1 aliphatic carbocycles. The van der Waals surface area contributed by atoms with Gasteiger partial charge in [0.2, 0.25) is 5.95 Å². The van der Waals surface area contributed by atoms with Crippen LogP contribution in [0.5, 0.6) is 0 Å². The molecule has 0 saturated heterocycles. The molecule has 0 spiro atoms. The van der Waals surface area contributed by atoms with E-state index in [1.165, 1.54) is 32.1 Å². The lowest BCUT2D eigenvalue weighted by Crippen LogP contribution is -2.26. The maximum Gasteiger partial charge on any atom is 0.226 e. The van der Waals surface area contributed by atoms with Gasteiger partial charge in [-0.2, -0.15) is 9.97 Å². The first-order chi connectivity index (χ1) is 9.76. The molecule has 0 unspecified atom stereocenters. The number of nitrogens with zero attached hydrogens (tertiary/aromatic N) is 3. The third kappa shape index (κ3) is 2.30. The fourth-order valence-corrected chi connectivity index (χ4v) is 3.12. The van der Waals surface area contributed by atoms with Crippen molar-refractivity contribution in [3.8, 4) is 0 Å². The number of aromatic amines is 1. The normalized spacial score (nSPS) is 17.5. The summed E-state index contributed by atoms with van der Waals surface area (Å²) in [4.78, 5) is 16.2. The first kappa shape index (κ1) is 13.1. The Hall–Kier alpha value is -1.85. The van der Waals surface area contributed by atoms with Crippen LogP contribution in [0.1, 0.15) is 39.0 Å². The van der Waals surface area contributed by atoms with Crippen LogP contribution in [0.4, 0.5) is 11.8 Å². The first-order valence-electron chi connectivity index (χ1n) is 7.39. The fourth-order valence-electron chi connectivity index (χ4n) is 3.12. The van der Waals surface area contributed by atoms with Gasteiger partial charge >= 0.3 is 0 Å². The second-order valence-corrected chi connectivity index (χ2v) is 5.66. The summed E-state index contributed by atoms with van der Waals surface area (Å²) < 4.78 is 0. The zero-order valence-corrected chi connectivity index (χ0v) is 12.2. The Bertz CT molecular complexity index is 584. The summed E-state index contributed by atoms with van der Waals surface area (Å²) in [6, 6.07) is 0. The number of H-pyrrole nitrogens is 1. The van der Waals surface area contributed by atoms with Gasteiger partial charge in [-0.15, -0.1) is 0 Å². The number of imidazole rings is 1. The van der Waals surface area contributed by atoms with Crippen LogP contribution >= 0.6 is 0 Å². The van der Waals surface area contributed by atoms with Gasteiger partial charge in [0.15, 0.2) is 11.5 Å². The number of anilines is 2. The number of rotatable bonds is 5. The minimum Gasteiger partial charge on any atom is -0.368 e. The van der Waals surface area contributed by atoms with Gasteiger partial charge < -0.3 is 15.6 Å². The second kappa shape index (κ2) is 5.26. The topological polar surface area (TPSA) is 78.5 Å². The second-order valence-electron chi connectivity index (χ2n) is 5.66. The molecule has 1 aliphatic rings. The lowest BCUT2D eigenvalue weighted by molar-refractivity contribution is 0.306. The summed E-state index contributed by atoms with van der Waals surface area (Å²) in [7, 11) is 1.82. The minimum absolute atomic E-state index is 0.428. The molecule has 0 aromatic carbocycles. The zero-order chi connectivity index (χ0) is 14.0. The Morgan fingerprint density at radius 3 is 2.80 bits per heavy atom. The highest BCUT2D eigenvalue weighted by Crippen LogP contribution is 2.41. The molecule has 3 rings (SSSR count). The van der Waals surface area contributed by atoms with Gasteiger partial charge in [0.05, 0.1) is 6.33 Å². The van der Waals surface area contributed by atoms with E-state index in [9.17, 15) is 0 Å². The van der Waals surface area contributed by atoms with Crippen molar-refractivity contribution in [2.75, 3.05) is 24.2 Å². The number of hydrogen-bond donors (Lipinski definition) is 3. The lowest BCUT2D eigenvalue weighted by atomic mass is 9.83. The molecule has 0 radical (unpaired) electrons. The minimum atomic E-state index is 0.428. The third-order valence-corrected chi connectivity index (χ3v) is 4.55. The summed E-state index contributed by atoms with van der Waals surface area (Å²) in [5.41, 5.74) is 2.01. The predicted molar refractivity (Wildman–Crippen MR) is 80.9 cm³/mol. The lowest BCUT2D eigenvalue weighted by Gasteiger charge is -2.28. The highest BCUT2D eigenvalue weighted by atomic mass is 15.2. The molecule has 20 heavy (non-hydrogen) atoms. The molecule has 0 amide bonds. The molecule has 0 aliphatic heterocycles. The molecule has 0 atom stereocenters. The zero-order valence-electron chi connectivity index (χ0n) is 12.2. The summed E-state index contributed by atoms with van der Waals surface area (Å²) in [6.07, 6.45) is 8.20. The van der Waals surface area contributed by atoms with Gasteiger partial charge in [0, 0.05) is 13.6 Å². The Kier molecular flexibility index (Phi) is 3.46. The summed E-state index contributed by atoms with van der Waals surface area (Å²) in [6.45, 7) is 3.26. The van der Waals surface area contributed by atoms with E-state index in [1.807, 2.05) is 7.05 Å².